The number of hydrogen-bond acceptors (Lipinski definition) is 10. The van der Waals surface area contributed by atoms with Crippen molar-refractivity contribution in [2.45, 2.75) is 56.2 Å². The van der Waals surface area contributed by atoms with E-state index in [9.17, 15) is 26.7 Å². The van der Waals surface area contributed by atoms with Gasteiger partial charge in [-0.3, -0.25) is 9.52 Å². The first-order valence-electron chi connectivity index (χ1n) is 13.2. The SMILES string of the molecule is Cc1noc(C)c1S(=O)(=O)N(C)C[C@@H]1Oc2ccc(NS(=O)(=O)c3cn(C)cn3)cc2CC(=O)N([C@H](C)CO)C[C@@H]1C. The number of imidazole rings is 1. The lowest BCUT2D eigenvalue weighted by Gasteiger charge is -2.33. The number of likely N-dealkylation sites (N-methyl/N-ethyl adjacent to an activating group) is 1. The highest BCUT2D eigenvalue weighted by Crippen LogP contribution is 2.31. The molecule has 0 spiro atoms. The standard InChI is InChI=1S/C26H36N6O8S2/c1-16-11-32(17(2)14-33)25(34)10-20-9-21(29-41(35,36)24-13-30(5)15-27-24)7-8-22(20)39-23(16)12-31(6)42(37,38)26-18(3)28-40-19(26)4/h7-9,13,15-17,23,29,33H,10-12,14H2,1-6H3/t16-,17+,23-/m0/s1. The number of nitrogens with one attached hydrogen (secondary N) is 1. The average molecular weight is 625 g/mol. The number of amides is 1. The zero-order chi connectivity index (χ0) is 31.0. The monoisotopic (exact) mass is 624 g/mol. The Balaban J connectivity index is 1.70. The molecule has 0 saturated carbocycles. The number of fused-ring (bicyclic) bond motifs is 1. The van der Waals surface area contributed by atoms with E-state index >= 15 is 0 Å². The first kappa shape index (κ1) is 31.5. The van der Waals surface area contributed by atoms with E-state index in [-0.39, 0.29) is 65.0 Å². The highest BCUT2D eigenvalue weighted by atomic mass is 32.2. The Morgan fingerprint density at radius 1 is 1.24 bits per heavy atom. The van der Waals surface area contributed by atoms with Crippen LogP contribution in [0.3, 0.4) is 0 Å². The number of anilines is 1. The largest absolute Gasteiger partial charge is 0.488 e. The number of aliphatic hydroxyl groups is 1. The smallest absolute Gasteiger partial charge is 0.280 e. The van der Waals surface area contributed by atoms with E-state index in [4.69, 9.17) is 9.26 Å². The van der Waals surface area contributed by atoms with Crippen molar-refractivity contribution in [2.75, 3.05) is 31.5 Å². The molecule has 1 amide bonds. The third kappa shape index (κ3) is 6.45. The van der Waals surface area contributed by atoms with Gasteiger partial charge in [0.05, 0.1) is 31.9 Å². The summed E-state index contributed by atoms with van der Waals surface area (Å²) in [7, 11) is -4.91. The quantitative estimate of drug-likeness (QED) is 0.353. The normalized spacial score (nSPS) is 19.0. The minimum atomic E-state index is -4.00. The molecule has 0 bridgehead atoms. The van der Waals surface area contributed by atoms with Crippen molar-refractivity contribution in [2.24, 2.45) is 13.0 Å². The van der Waals surface area contributed by atoms with E-state index in [1.54, 1.807) is 27.0 Å². The van der Waals surface area contributed by atoms with Crippen molar-refractivity contribution >= 4 is 31.6 Å². The molecule has 0 saturated heterocycles. The topological polar surface area (TPSA) is 177 Å². The summed E-state index contributed by atoms with van der Waals surface area (Å²) in [6, 6.07) is 4.04. The number of benzene rings is 1. The van der Waals surface area contributed by atoms with Gasteiger partial charge in [0.1, 0.15) is 22.4 Å². The first-order valence-corrected chi connectivity index (χ1v) is 16.2. The summed E-state index contributed by atoms with van der Waals surface area (Å²) in [4.78, 5) is 18.9. The van der Waals surface area contributed by atoms with Crippen LogP contribution >= 0.6 is 0 Å². The fourth-order valence-corrected chi connectivity index (χ4v) is 7.29. The Morgan fingerprint density at radius 2 is 1.95 bits per heavy atom. The lowest BCUT2D eigenvalue weighted by Crippen LogP contribution is -2.48. The Kier molecular flexibility index (Phi) is 9.01. The van der Waals surface area contributed by atoms with Gasteiger partial charge in [0.25, 0.3) is 10.0 Å². The predicted molar refractivity (Wildman–Crippen MR) is 152 cm³/mol. The van der Waals surface area contributed by atoms with Crippen LogP contribution in [0.25, 0.3) is 0 Å². The molecule has 2 N–H and O–H groups in total. The summed E-state index contributed by atoms with van der Waals surface area (Å²) in [5, 5.41) is 13.5. The molecule has 2 aromatic heterocycles. The molecule has 230 valence electrons. The zero-order valence-electron chi connectivity index (χ0n) is 24.3. The first-order chi connectivity index (χ1) is 19.6. The molecule has 0 unspecified atom stereocenters. The number of aromatic nitrogens is 3. The number of ether oxygens (including phenoxy) is 1. The molecule has 0 fully saturated rings. The third-order valence-corrected chi connectivity index (χ3v) is 10.5. The summed E-state index contributed by atoms with van der Waals surface area (Å²) in [5.74, 6) is -0.182. The number of carbonyl (C=O) groups excluding carboxylic acids is 1. The second-order valence-corrected chi connectivity index (χ2v) is 14.2. The Hall–Kier alpha value is -3.47. The predicted octanol–water partition coefficient (Wildman–Crippen LogP) is 1.30. The maximum Gasteiger partial charge on any atom is 0.280 e. The molecule has 4 rings (SSSR count). The second kappa shape index (κ2) is 12.0. The zero-order valence-corrected chi connectivity index (χ0v) is 25.9. The molecule has 3 atom stereocenters. The number of sulfonamides is 2. The average Bonchev–Trinajstić information content (AvgIpc) is 3.52. The molecule has 1 aliphatic heterocycles. The summed E-state index contributed by atoms with van der Waals surface area (Å²) < 4.78 is 69.2. The fraction of sp³-hybridized carbons (Fsp3) is 0.500. The van der Waals surface area contributed by atoms with Gasteiger partial charge in [0.2, 0.25) is 15.9 Å². The van der Waals surface area contributed by atoms with E-state index in [1.165, 1.54) is 48.1 Å². The summed E-state index contributed by atoms with van der Waals surface area (Å²) in [6.07, 6.45) is 1.87. The van der Waals surface area contributed by atoms with Gasteiger partial charge < -0.3 is 23.8 Å². The highest BCUT2D eigenvalue weighted by Gasteiger charge is 2.35. The number of aryl methyl sites for hydroxylation is 3. The third-order valence-electron chi connectivity index (χ3n) is 7.20. The van der Waals surface area contributed by atoms with Crippen molar-refractivity contribution in [3.63, 3.8) is 0 Å². The minimum absolute atomic E-state index is 0.0170. The van der Waals surface area contributed by atoms with E-state index in [0.717, 1.165) is 4.31 Å². The van der Waals surface area contributed by atoms with Gasteiger partial charge in [0, 0.05) is 44.0 Å². The summed E-state index contributed by atoms with van der Waals surface area (Å²) in [5.41, 5.74) is 0.827. The number of rotatable bonds is 9. The van der Waals surface area contributed by atoms with Gasteiger partial charge in [-0.2, -0.15) is 12.7 Å². The van der Waals surface area contributed by atoms with Crippen LogP contribution in [0.4, 0.5) is 5.69 Å². The van der Waals surface area contributed by atoms with Gasteiger partial charge in [0.15, 0.2) is 10.8 Å². The van der Waals surface area contributed by atoms with Gasteiger partial charge in [-0.1, -0.05) is 12.1 Å². The Labute approximate surface area is 245 Å². The lowest BCUT2D eigenvalue weighted by molar-refractivity contribution is -0.134. The van der Waals surface area contributed by atoms with Crippen LogP contribution in [0.2, 0.25) is 0 Å². The summed E-state index contributed by atoms with van der Waals surface area (Å²) >= 11 is 0. The molecule has 0 radical (unpaired) electrons. The van der Waals surface area contributed by atoms with Gasteiger partial charge in [-0.05, 0) is 39.0 Å². The molecule has 42 heavy (non-hydrogen) atoms. The highest BCUT2D eigenvalue weighted by molar-refractivity contribution is 7.92. The van der Waals surface area contributed by atoms with Crippen LogP contribution in [-0.2, 0) is 38.3 Å². The molecule has 1 aliphatic rings. The van der Waals surface area contributed by atoms with Gasteiger partial charge in [-0.15, -0.1) is 0 Å². The molecule has 0 aliphatic carbocycles. The molecule has 1 aromatic carbocycles. The van der Waals surface area contributed by atoms with Gasteiger partial charge in [-0.25, -0.2) is 13.4 Å². The maximum absolute atomic E-state index is 13.5. The molecule has 16 heteroatoms. The lowest BCUT2D eigenvalue weighted by atomic mass is 10.0. The number of hydrogen-bond donors (Lipinski definition) is 2. The van der Waals surface area contributed by atoms with E-state index < -0.39 is 32.2 Å². The van der Waals surface area contributed by atoms with Crippen molar-refractivity contribution in [1.29, 1.82) is 0 Å². The van der Waals surface area contributed by atoms with Crippen LogP contribution in [0.5, 0.6) is 5.75 Å². The number of aliphatic hydroxyl groups excluding tert-OH is 1. The molecule has 3 heterocycles. The van der Waals surface area contributed by atoms with E-state index in [0.29, 0.717) is 11.3 Å². The Bertz CT molecular complexity index is 1650. The molecule has 14 nitrogen and oxygen atoms in total. The summed E-state index contributed by atoms with van der Waals surface area (Å²) in [6.45, 7) is 6.47. The fourth-order valence-electron chi connectivity index (χ4n) is 4.80. The molecular formula is C26H36N6O8S2. The van der Waals surface area contributed by atoms with Gasteiger partial charge >= 0.3 is 0 Å². The minimum Gasteiger partial charge on any atom is -0.488 e. The number of nitrogens with zero attached hydrogens (tertiary/aromatic N) is 5. The maximum atomic E-state index is 13.5. The van der Waals surface area contributed by atoms with Crippen LogP contribution in [0.1, 0.15) is 30.9 Å². The van der Waals surface area contributed by atoms with Crippen molar-refractivity contribution in [3.8, 4) is 5.75 Å². The molecule has 3 aromatic rings. The van der Waals surface area contributed by atoms with Crippen LogP contribution in [0, 0.1) is 19.8 Å². The number of carbonyl (C=O) groups is 1. The second-order valence-electron chi connectivity index (χ2n) is 10.6. The Morgan fingerprint density at radius 3 is 2.55 bits per heavy atom. The van der Waals surface area contributed by atoms with Crippen molar-refractivity contribution in [3.05, 3.63) is 47.7 Å². The van der Waals surface area contributed by atoms with E-state index in [1.807, 2.05) is 6.92 Å². The van der Waals surface area contributed by atoms with Crippen LogP contribution in [-0.4, -0.2) is 90.7 Å². The van der Waals surface area contributed by atoms with Crippen molar-refractivity contribution in [1.82, 2.24) is 23.9 Å². The van der Waals surface area contributed by atoms with E-state index in [2.05, 4.69) is 14.9 Å². The van der Waals surface area contributed by atoms with Crippen molar-refractivity contribution < 1.29 is 36.0 Å². The molecular weight excluding hydrogens is 588 g/mol. The van der Waals surface area contributed by atoms with Crippen LogP contribution in [0.15, 0.2) is 45.2 Å². The van der Waals surface area contributed by atoms with Crippen LogP contribution < -0.4 is 9.46 Å².